The number of carbonyl (C=O) groups excluding carboxylic acids is 2. The molecule has 8 heteroatoms. The molecule has 0 saturated heterocycles. The van der Waals surface area contributed by atoms with Crippen molar-refractivity contribution in [3.05, 3.63) is 59.2 Å². The maximum atomic E-state index is 12.8. The fourth-order valence-electron chi connectivity index (χ4n) is 3.84. The van der Waals surface area contributed by atoms with E-state index in [-0.39, 0.29) is 28.2 Å². The van der Waals surface area contributed by atoms with Gasteiger partial charge in [-0.25, -0.2) is 4.79 Å². The molecule has 0 bridgehead atoms. The third kappa shape index (κ3) is 5.88. The van der Waals surface area contributed by atoms with Crippen molar-refractivity contribution >= 4 is 22.0 Å². The third-order valence-electron chi connectivity index (χ3n) is 5.71. The lowest BCUT2D eigenvalue weighted by atomic mass is 9.86. The molecule has 3 rings (SSSR count). The van der Waals surface area contributed by atoms with Crippen LogP contribution in [0.25, 0.3) is 0 Å². The molecule has 2 atom stereocenters. The number of amides is 1. The second-order valence-corrected chi connectivity index (χ2v) is 9.83. The predicted molar refractivity (Wildman–Crippen MR) is 120 cm³/mol. The lowest BCUT2D eigenvalue weighted by Gasteiger charge is -2.29. The first-order chi connectivity index (χ1) is 15.2. The van der Waals surface area contributed by atoms with Crippen LogP contribution < -0.4 is 9.50 Å². The number of rotatable bonds is 7. The first-order valence-electron chi connectivity index (χ1n) is 10.7. The van der Waals surface area contributed by atoms with Gasteiger partial charge in [0.05, 0.1) is 0 Å². The Kier molecular flexibility index (Phi) is 7.56. The summed E-state index contributed by atoms with van der Waals surface area (Å²) in [5.74, 6) is -0.977. The van der Waals surface area contributed by atoms with E-state index >= 15 is 0 Å². The number of benzene rings is 2. The van der Waals surface area contributed by atoms with Crippen LogP contribution in [0.5, 0.6) is 5.75 Å². The largest absolute Gasteiger partial charge is 0.452 e. The third-order valence-corrected chi connectivity index (χ3v) is 7.09. The summed E-state index contributed by atoms with van der Waals surface area (Å²) in [6.07, 6.45) is 4.19. The van der Waals surface area contributed by atoms with Crippen LogP contribution in [-0.4, -0.2) is 32.9 Å². The Hall–Kier alpha value is -2.87. The van der Waals surface area contributed by atoms with Gasteiger partial charge in [-0.05, 0) is 61.9 Å². The van der Waals surface area contributed by atoms with E-state index in [2.05, 4.69) is 12.2 Å². The Morgan fingerprint density at radius 1 is 1.06 bits per heavy atom. The number of para-hydroxylation sites is 1. The minimum absolute atomic E-state index is 0.0293. The standard InChI is InChI=1S/C24H29NO6S/c1-16-12-13-18(3)22(14-16)32(28,29)31-21-11-7-5-9-19(21)24(27)30-15-23(26)25-20-10-6-4-8-17(20)2/h5,7,9,11-14,17,20H,4,6,8,10,15H2,1-3H3,(H,25,26)/t17-,20+/m0/s1. The van der Waals surface area contributed by atoms with E-state index in [1.165, 1.54) is 18.2 Å². The van der Waals surface area contributed by atoms with Gasteiger partial charge in [-0.1, -0.05) is 44.0 Å². The van der Waals surface area contributed by atoms with Gasteiger partial charge in [-0.3, -0.25) is 4.79 Å². The van der Waals surface area contributed by atoms with E-state index in [9.17, 15) is 18.0 Å². The molecule has 0 radical (unpaired) electrons. The molecule has 1 aliphatic carbocycles. The minimum Gasteiger partial charge on any atom is -0.452 e. The Morgan fingerprint density at radius 2 is 1.78 bits per heavy atom. The maximum Gasteiger partial charge on any atom is 0.342 e. The van der Waals surface area contributed by atoms with E-state index in [0.29, 0.717) is 11.5 Å². The van der Waals surface area contributed by atoms with Crippen molar-refractivity contribution in [1.29, 1.82) is 0 Å². The van der Waals surface area contributed by atoms with Gasteiger partial charge in [0.25, 0.3) is 5.91 Å². The zero-order valence-corrected chi connectivity index (χ0v) is 19.4. The molecule has 0 unspecified atom stereocenters. The molecule has 32 heavy (non-hydrogen) atoms. The number of carbonyl (C=O) groups is 2. The van der Waals surface area contributed by atoms with Crippen molar-refractivity contribution < 1.29 is 26.9 Å². The molecule has 2 aromatic carbocycles. The van der Waals surface area contributed by atoms with Gasteiger partial charge in [0.2, 0.25) is 0 Å². The van der Waals surface area contributed by atoms with Crippen LogP contribution >= 0.6 is 0 Å². The summed E-state index contributed by atoms with van der Waals surface area (Å²) in [4.78, 5) is 24.9. The summed E-state index contributed by atoms with van der Waals surface area (Å²) < 4.78 is 36.1. The maximum absolute atomic E-state index is 12.8. The van der Waals surface area contributed by atoms with Gasteiger partial charge in [0.15, 0.2) is 12.4 Å². The number of ether oxygens (including phenoxy) is 1. The van der Waals surface area contributed by atoms with E-state index < -0.39 is 22.7 Å². The summed E-state index contributed by atoms with van der Waals surface area (Å²) in [5.41, 5.74) is 1.23. The van der Waals surface area contributed by atoms with E-state index in [4.69, 9.17) is 8.92 Å². The van der Waals surface area contributed by atoms with Gasteiger partial charge < -0.3 is 14.2 Å². The number of aryl methyl sites for hydroxylation is 2. The Balaban J connectivity index is 1.68. The average Bonchev–Trinajstić information content (AvgIpc) is 2.75. The minimum atomic E-state index is -4.17. The second kappa shape index (κ2) is 10.2. The topological polar surface area (TPSA) is 98.8 Å². The molecule has 1 saturated carbocycles. The van der Waals surface area contributed by atoms with Gasteiger partial charge in [-0.2, -0.15) is 8.42 Å². The van der Waals surface area contributed by atoms with Gasteiger partial charge >= 0.3 is 16.1 Å². The van der Waals surface area contributed by atoms with Crippen molar-refractivity contribution in [2.24, 2.45) is 5.92 Å². The molecule has 7 nitrogen and oxygen atoms in total. The van der Waals surface area contributed by atoms with Crippen molar-refractivity contribution in [3.63, 3.8) is 0 Å². The first-order valence-corrected chi connectivity index (χ1v) is 12.2. The lowest BCUT2D eigenvalue weighted by Crippen LogP contribution is -2.42. The molecular weight excluding hydrogens is 430 g/mol. The molecule has 0 aliphatic heterocycles. The molecule has 0 heterocycles. The molecular formula is C24H29NO6S. The van der Waals surface area contributed by atoms with Crippen LogP contribution in [0.15, 0.2) is 47.4 Å². The summed E-state index contributed by atoms with van der Waals surface area (Å²) in [6, 6.07) is 11.0. The fourth-order valence-corrected chi connectivity index (χ4v) is 5.10. The van der Waals surface area contributed by atoms with Crippen molar-refractivity contribution in [3.8, 4) is 5.75 Å². The van der Waals surface area contributed by atoms with Crippen LogP contribution in [-0.2, 0) is 19.6 Å². The number of esters is 1. The summed E-state index contributed by atoms with van der Waals surface area (Å²) in [6.45, 7) is 5.10. The SMILES string of the molecule is Cc1ccc(C)c(S(=O)(=O)Oc2ccccc2C(=O)OCC(=O)N[C@@H]2CCCC[C@@H]2C)c1. The molecule has 1 aliphatic rings. The predicted octanol–water partition coefficient (Wildman–Crippen LogP) is 3.92. The van der Waals surface area contributed by atoms with Gasteiger partial charge in [0, 0.05) is 6.04 Å². The summed E-state index contributed by atoms with van der Waals surface area (Å²) >= 11 is 0. The second-order valence-electron chi connectivity index (χ2n) is 8.31. The van der Waals surface area contributed by atoms with Crippen LogP contribution in [0.1, 0.15) is 54.1 Å². The zero-order chi connectivity index (χ0) is 23.3. The van der Waals surface area contributed by atoms with Crippen molar-refractivity contribution in [2.45, 2.75) is 57.4 Å². The normalized spacial score (nSPS) is 18.6. The number of hydrogen-bond donors (Lipinski definition) is 1. The highest BCUT2D eigenvalue weighted by Crippen LogP contribution is 2.26. The van der Waals surface area contributed by atoms with Crippen LogP contribution in [0.2, 0.25) is 0 Å². The van der Waals surface area contributed by atoms with Gasteiger partial charge in [0.1, 0.15) is 10.5 Å². The Morgan fingerprint density at radius 3 is 2.53 bits per heavy atom. The highest BCUT2D eigenvalue weighted by molar-refractivity contribution is 7.87. The number of nitrogens with one attached hydrogen (secondary N) is 1. The Labute approximate surface area is 189 Å². The average molecular weight is 460 g/mol. The van der Waals surface area contributed by atoms with Gasteiger partial charge in [-0.15, -0.1) is 0 Å². The summed E-state index contributed by atoms with van der Waals surface area (Å²) in [7, 11) is -4.17. The zero-order valence-electron chi connectivity index (χ0n) is 18.6. The highest BCUT2D eigenvalue weighted by atomic mass is 32.2. The van der Waals surface area contributed by atoms with Crippen molar-refractivity contribution in [2.75, 3.05) is 6.61 Å². The highest BCUT2D eigenvalue weighted by Gasteiger charge is 2.25. The molecule has 2 aromatic rings. The van der Waals surface area contributed by atoms with Crippen molar-refractivity contribution in [1.82, 2.24) is 5.32 Å². The molecule has 0 spiro atoms. The smallest absolute Gasteiger partial charge is 0.342 e. The van der Waals surface area contributed by atoms with E-state index in [1.54, 1.807) is 38.1 Å². The summed E-state index contributed by atoms with van der Waals surface area (Å²) in [5, 5.41) is 2.92. The molecule has 172 valence electrons. The monoisotopic (exact) mass is 459 g/mol. The first kappa shape index (κ1) is 23.8. The molecule has 1 N–H and O–H groups in total. The van der Waals surface area contributed by atoms with E-state index in [1.807, 2.05) is 0 Å². The quantitative estimate of drug-likeness (QED) is 0.498. The number of hydrogen-bond acceptors (Lipinski definition) is 6. The van der Waals surface area contributed by atoms with Crippen LogP contribution in [0.4, 0.5) is 0 Å². The van der Waals surface area contributed by atoms with E-state index in [0.717, 1.165) is 31.2 Å². The van der Waals surface area contributed by atoms with Crippen LogP contribution in [0.3, 0.4) is 0 Å². The lowest BCUT2D eigenvalue weighted by molar-refractivity contribution is -0.125. The fraction of sp³-hybridized carbons (Fsp3) is 0.417. The molecule has 1 amide bonds. The van der Waals surface area contributed by atoms with Crippen LogP contribution in [0, 0.1) is 19.8 Å². The Bertz CT molecular complexity index is 1100. The molecule has 1 fully saturated rings. The molecule has 0 aromatic heterocycles.